The minimum Gasteiger partial charge on any atom is -0.394 e. The molecule has 0 aliphatic carbocycles. The van der Waals surface area contributed by atoms with Crippen LogP contribution in [0.1, 0.15) is 32.6 Å². The van der Waals surface area contributed by atoms with Gasteiger partial charge in [0, 0.05) is 6.61 Å². The lowest BCUT2D eigenvalue weighted by Gasteiger charge is -2.23. The van der Waals surface area contributed by atoms with Crippen molar-refractivity contribution in [2.24, 2.45) is 0 Å². The van der Waals surface area contributed by atoms with Gasteiger partial charge in [-0.1, -0.05) is 6.42 Å². The van der Waals surface area contributed by atoms with Gasteiger partial charge in [0.25, 0.3) is 0 Å². The Morgan fingerprint density at radius 1 is 0.432 bits per heavy atom. The van der Waals surface area contributed by atoms with E-state index in [-0.39, 0.29) is 13.0 Å². The van der Waals surface area contributed by atoms with Gasteiger partial charge in [-0.25, -0.2) is 4.39 Å². The molecule has 9 nitrogen and oxygen atoms in total. The second kappa shape index (κ2) is 25.6. The van der Waals surface area contributed by atoms with Gasteiger partial charge in [-0.2, -0.15) is 13.2 Å². The molecule has 0 aromatic heterocycles. The van der Waals surface area contributed by atoms with Crippen LogP contribution in [0.3, 0.4) is 0 Å². The highest BCUT2D eigenvalue weighted by atomic mass is 19.4. The molecule has 0 aromatic rings. The van der Waals surface area contributed by atoms with Crippen molar-refractivity contribution in [1.82, 2.24) is 0 Å². The maximum absolute atomic E-state index is 13.4. The number of halogens is 4. The van der Waals surface area contributed by atoms with Gasteiger partial charge >= 0.3 is 6.18 Å². The minimum atomic E-state index is -4.82. The molecule has 0 saturated heterocycles. The van der Waals surface area contributed by atoms with Gasteiger partial charge in [0.2, 0.25) is 5.67 Å². The third-order valence-corrected chi connectivity index (χ3v) is 4.87. The lowest BCUT2D eigenvalue weighted by molar-refractivity contribution is -0.226. The normalized spacial score (nSPS) is 13.8. The van der Waals surface area contributed by atoms with Crippen LogP contribution in [0.2, 0.25) is 0 Å². The Morgan fingerprint density at radius 2 is 0.730 bits per heavy atom. The fraction of sp³-hybridized carbons (Fsp3) is 1.00. The number of hydrogen-bond donors (Lipinski definition) is 1. The Morgan fingerprint density at radius 3 is 1.03 bits per heavy atom. The molecule has 0 aromatic carbocycles. The minimum absolute atomic E-state index is 0.00978. The average molecular weight is 555 g/mol. The first-order valence-electron chi connectivity index (χ1n) is 12.8. The summed E-state index contributed by atoms with van der Waals surface area (Å²) in [4.78, 5) is 0. The first kappa shape index (κ1) is 36.4. The van der Waals surface area contributed by atoms with Crippen LogP contribution in [-0.4, -0.2) is 129 Å². The predicted octanol–water partition coefficient (Wildman–Crippen LogP) is 2.96. The van der Waals surface area contributed by atoms with E-state index in [1.165, 1.54) is 0 Å². The van der Waals surface area contributed by atoms with Crippen molar-refractivity contribution in [3.05, 3.63) is 0 Å². The zero-order valence-electron chi connectivity index (χ0n) is 22.1. The second-order valence-corrected chi connectivity index (χ2v) is 8.13. The number of ether oxygens (including phenoxy) is 8. The van der Waals surface area contributed by atoms with Gasteiger partial charge in [0.1, 0.15) is 0 Å². The Hall–Kier alpha value is -0.640. The Labute approximate surface area is 217 Å². The quantitative estimate of drug-likeness (QED) is 0.111. The van der Waals surface area contributed by atoms with Gasteiger partial charge in [-0.3, -0.25) is 0 Å². The summed E-state index contributed by atoms with van der Waals surface area (Å²) in [6.45, 7) is 7.59. The number of unbranched alkanes of at least 4 members (excludes halogenated alkanes) is 2. The molecule has 37 heavy (non-hydrogen) atoms. The molecular formula is C24H46F4O9. The summed E-state index contributed by atoms with van der Waals surface area (Å²) in [6.07, 6.45) is -4.13. The Balaban J connectivity index is 3.13. The van der Waals surface area contributed by atoms with Crippen LogP contribution in [0, 0.1) is 0 Å². The van der Waals surface area contributed by atoms with E-state index < -0.39 is 18.3 Å². The molecule has 0 heterocycles. The maximum atomic E-state index is 13.4. The predicted molar refractivity (Wildman–Crippen MR) is 128 cm³/mol. The molecule has 13 heteroatoms. The summed E-state index contributed by atoms with van der Waals surface area (Å²) >= 11 is 0. The fourth-order valence-corrected chi connectivity index (χ4v) is 2.69. The number of alkyl halides is 4. The molecule has 0 fully saturated rings. The molecular weight excluding hydrogens is 508 g/mol. The van der Waals surface area contributed by atoms with Crippen molar-refractivity contribution < 1.29 is 60.6 Å². The van der Waals surface area contributed by atoms with E-state index in [1.807, 2.05) is 0 Å². The highest BCUT2D eigenvalue weighted by molar-refractivity contribution is 4.81. The number of aliphatic hydroxyl groups excluding tert-OH is 1. The molecule has 0 aliphatic heterocycles. The fourth-order valence-electron chi connectivity index (χ4n) is 2.69. The number of aliphatic hydroxyl groups is 1. The van der Waals surface area contributed by atoms with Gasteiger partial charge in [-0.15, -0.1) is 0 Å². The molecule has 1 atom stereocenters. The van der Waals surface area contributed by atoms with Crippen LogP contribution in [0.5, 0.6) is 0 Å². The van der Waals surface area contributed by atoms with Gasteiger partial charge in [0.15, 0.2) is 0 Å². The molecule has 0 rings (SSSR count). The van der Waals surface area contributed by atoms with E-state index in [0.29, 0.717) is 125 Å². The maximum Gasteiger partial charge on any atom is 0.422 e. The van der Waals surface area contributed by atoms with E-state index in [1.54, 1.807) is 0 Å². The van der Waals surface area contributed by atoms with E-state index in [9.17, 15) is 17.6 Å². The van der Waals surface area contributed by atoms with Crippen molar-refractivity contribution in [1.29, 1.82) is 0 Å². The third-order valence-electron chi connectivity index (χ3n) is 4.87. The van der Waals surface area contributed by atoms with Crippen LogP contribution in [0.15, 0.2) is 0 Å². The average Bonchev–Trinajstić information content (AvgIpc) is 2.85. The molecule has 224 valence electrons. The van der Waals surface area contributed by atoms with E-state index in [2.05, 4.69) is 0 Å². The van der Waals surface area contributed by atoms with Crippen LogP contribution < -0.4 is 0 Å². The Kier molecular flexibility index (Phi) is 25.2. The highest BCUT2D eigenvalue weighted by Gasteiger charge is 2.51. The Bertz CT molecular complexity index is 472. The van der Waals surface area contributed by atoms with Crippen LogP contribution in [0.25, 0.3) is 0 Å². The second-order valence-electron chi connectivity index (χ2n) is 8.13. The van der Waals surface area contributed by atoms with Gasteiger partial charge < -0.3 is 43.0 Å². The standard InChI is InChI=1S/C24H46F4O9/c1-23(25,24(26,27)28)5-3-2-4-7-30-9-11-32-13-15-34-17-19-36-21-22-37-20-18-35-16-14-33-12-10-31-8-6-29/h29H,2-22H2,1H3. The van der Waals surface area contributed by atoms with E-state index in [4.69, 9.17) is 43.0 Å². The summed E-state index contributed by atoms with van der Waals surface area (Å²) in [5.41, 5.74) is -3.13. The third kappa shape index (κ3) is 25.4. The summed E-state index contributed by atoms with van der Waals surface area (Å²) in [5.74, 6) is 0. The van der Waals surface area contributed by atoms with Crippen LogP contribution in [-0.2, 0) is 37.9 Å². The largest absolute Gasteiger partial charge is 0.422 e. The van der Waals surface area contributed by atoms with Crippen LogP contribution in [0.4, 0.5) is 17.6 Å². The van der Waals surface area contributed by atoms with Crippen LogP contribution >= 0.6 is 0 Å². The molecule has 0 radical (unpaired) electrons. The van der Waals surface area contributed by atoms with Crippen molar-refractivity contribution in [2.45, 2.75) is 44.5 Å². The van der Waals surface area contributed by atoms with E-state index >= 15 is 0 Å². The van der Waals surface area contributed by atoms with Gasteiger partial charge in [-0.05, 0) is 26.2 Å². The molecule has 0 spiro atoms. The first-order valence-corrected chi connectivity index (χ1v) is 12.8. The zero-order chi connectivity index (χ0) is 27.5. The molecule has 0 amide bonds. The molecule has 1 unspecified atom stereocenters. The monoisotopic (exact) mass is 554 g/mol. The van der Waals surface area contributed by atoms with Gasteiger partial charge in [0.05, 0.1) is 106 Å². The molecule has 1 N–H and O–H groups in total. The summed E-state index contributed by atoms with van der Waals surface area (Å²) < 4.78 is 93.1. The molecule has 0 saturated carbocycles. The zero-order valence-corrected chi connectivity index (χ0v) is 22.1. The summed E-state index contributed by atoms with van der Waals surface area (Å²) in [6, 6.07) is 0. The summed E-state index contributed by atoms with van der Waals surface area (Å²) in [7, 11) is 0. The molecule has 0 aliphatic rings. The first-order chi connectivity index (χ1) is 17.8. The van der Waals surface area contributed by atoms with Crippen molar-refractivity contribution in [3.8, 4) is 0 Å². The van der Waals surface area contributed by atoms with E-state index in [0.717, 1.165) is 0 Å². The van der Waals surface area contributed by atoms with Crippen molar-refractivity contribution in [3.63, 3.8) is 0 Å². The number of hydrogen-bond acceptors (Lipinski definition) is 9. The highest BCUT2D eigenvalue weighted by Crippen LogP contribution is 2.37. The topological polar surface area (TPSA) is 94.1 Å². The lowest BCUT2D eigenvalue weighted by atomic mass is 10.00. The number of rotatable bonds is 29. The van der Waals surface area contributed by atoms with Crippen molar-refractivity contribution >= 4 is 0 Å². The SMILES string of the molecule is CC(F)(CCCCCOCCOCCOCCOCCOCCOCCOCCOCCO)C(F)(F)F. The van der Waals surface area contributed by atoms with Crippen molar-refractivity contribution in [2.75, 3.05) is 112 Å². The smallest absolute Gasteiger partial charge is 0.394 e. The molecule has 0 bridgehead atoms. The lowest BCUT2D eigenvalue weighted by Crippen LogP contribution is -2.37. The summed E-state index contributed by atoms with van der Waals surface area (Å²) in [5, 5.41) is 8.54.